The molecule has 1 aliphatic rings. The van der Waals surface area contributed by atoms with Gasteiger partial charge in [-0.1, -0.05) is 31.4 Å². The van der Waals surface area contributed by atoms with Gasteiger partial charge in [-0.05, 0) is 62.3 Å². The maximum atomic E-state index is 13.2. The minimum Gasteiger partial charge on any atom is -0.322 e. The number of nitrogens with two attached hydrogens (primary N) is 1. The lowest BCUT2D eigenvalue weighted by molar-refractivity contribution is 0.102. The monoisotopic (exact) mass is 404 g/mol. The minimum atomic E-state index is -0.185. The fourth-order valence-electron chi connectivity index (χ4n) is 3.72. The zero-order chi connectivity index (χ0) is 19.6. The molecule has 1 saturated carbocycles. The zero-order valence-corrected chi connectivity index (χ0v) is 17.5. The fourth-order valence-corrected chi connectivity index (χ4v) is 4.17. The Labute approximate surface area is 169 Å². The molecular weight excluding hydrogens is 380 g/mol. The number of nitrogens with one attached hydrogen (secondary N) is 1. The Bertz CT molecular complexity index is 850. The summed E-state index contributed by atoms with van der Waals surface area (Å²) in [5.74, 6) is 0.843. The van der Waals surface area contributed by atoms with Gasteiger partial charge in [0, 0.05) is 17.8 Å². The highest BCUT2D eigenvalue weighted by atomic mass is 35.5. The third-order valence-corrected chi connectivity index (χ3v) is 6.33. The Balaban J connectivity index is 1.97. The molecule has 1 amide bonds. The molecule has 0 atom stereocenters. The van der Waals surface area contributed by atoms with E-state index in [0.29, 0.717) is 27.2 Å². The van der Waals surface area contributed by atoms with Gasteiger partial charge in [0.1, 0.15) is 5.03 Å². The number of aryl methyl sites for hydroxylation is 1. The van der Waals surface area contributed by atoms with E-state index >= 15 is 0 Å². The number of hydrogen-bond donors (Lipinski definition) is 2. The standard InChI is InChI=1S/C20H25ClN4OS/c1-11-4-6-14(7-5-11)19-17(12(2)18(21)13(3)24-19)20(26)25-15-8-9-23-16(10-15)27-22/h8-11,14H,4-7,22H2,1-3H3,(H,23,25,26). The van der Waals surface area contributed by atoms with E-state index in [1.807, 2.05) is 13.8 Å². The molecule has 7 heteroatoms. The molecule has 0 unspecified atom stereocenters. The number of halogens is 1. The number of pyridine rings is 2. The SMILES string of the molecule is Cc1nc(C2CCC(C)CC2)c(C(=O)Nc2ccnc(SN)c2)c(C)c1Cl. The van der Waals surface area contributed by atoms with E-state index < -0.39 is 0 Å². The number of hydrogen-bond acceptors (Lipinski definition) is 5. The number of aromatic nitrogens is 2. The molecule has 2 aromatic rings. The van der Waals surface area contributed by atoms with Crippen molar-refractivity contribution < 1.29 is 4.79 Å². The van der Waals surface area contributed by atoms with Crippen molar-refractivity contribution >= 4 is 35.1 Å². The molecule has 0 spiro atoms. The van der Waals surface area contributed by atoms with Gasteiger partial charge in [-0.25, -0.2) is 4.98 Å². The van der Waals surface area contributed by atoms with Crippen LogP contribution in [-0.2, 0) is 0 Å². The third kappa shape index (κ3) is 4.45. The fraction of sp³-hybridized carbons (Fsp3) is 0.450. The van der Waals surface area contributed by atoms with Crippen molar-refractivity contribution in [1.82, 2.24) is 9.97 Å². The van der Waals surface area contributed by atoms with Crippen LogP contribution in [0.4, 0.5) is 5.69 Å². The number of rotatable bonds is 4. The van der Waals surface area contributed by atoms with Gasteiger partial charge < -0.3 is 5.32 Å². The second kappa shape index (κ2) is 8.59. The number of amides is 1. The number of carbonyl (C=O) groups is 1. The topological polar surface area (TPSA) is 80.9 Å². The number of carbonyl (C=O) groups excluding carboxylic acids is 1. The van der Waals surface area contributed by atoms with Gasteiger partial charge >= 0.3 is 0 Å². The van der Waals surface area contributed by atoms with Gasteiger partial charge in [-0.15, -0.1) is 0 Å². The number of nitrogens with zero attached hydrogens (tertiary/aromatic N) is 2. The maximum absolute atomic E-state index is 13.2. The molecule has 5 nitrogen and oxygen atoms in total. The van der Waals surface area contributed by atoms with Gasteiger partial charge in [-0.3, -0.25) is 14.9 Å². The van der Waals surface area contributed by atoms with Crippen molar-refractivity contribution in [3.63, 3.8) is 0 Å². The molecule has 1 fully saturated rings. The molecule has 0 aliphatic heterocycles. The third-order valence-electron chi connectivity index (χ3n) is 5.31. The van der Waals surface area contributed by atoms with Crippen LogP contribution in [0.3, 0.4) is 0 Å². The highest BCUT2D eigenvalue weighted by molar-refractivity contribution is 7.97. The van der Waals surface area contributed by atoms with Crippen molar-refractivity contribution in [2.24, 2.45) is 11.1 Å². The van der Waals surface area contributed by atoms with E-state index in [1.54, 1.807) is 18.3 Å². The van der Waals surface area contributed by atoms with Crippen LogP contribution in [0, 0.1) is 19.8 Å². The Hall–Kier alpha value is -1.63. The van der Waals surface area contributed by atoms with Gasteiger partial charge in [0.05, 0.1) is 22.0 Å². The lowest BCUT2D eigenvalue weighted by Crippen LogP contribution is -2.22. The highest BCUT2D eigenvalue weighted by Gasteiger charge is 2.28. The molecule has 0 saturated heterocycles. The molecular formula is C20H25ClN4OS. The molecule has 144 valence electrons. The lowest BCUT2D eigenvalue weighted by atomic mass is 9.79. The predicted octanol–water partition coefficient (Wildman–Crippen LogP) is 5.26. The van der Waals surface area contributed by atoms with Crippen molar-refractivity contribution in [3.05, 3.63) is 45.9 Å². The van der Waals surface area contributed by atoms with Crippen molar-refractivity contribution in [1.29, 1.82) is 0 Å². The highest BCUT2D eigenvalue weighted by Crippen LogP contribution is 2.38. The molecule has 1 aliphatic carbocycles. The van der Waals surface area contributed by atoms with Gasteiger partial charge in [0.15, 0.2) is 0 Å². The van der Waals surface area contributed by atoms with Crippen LogP contribution in [-0.4, -0.2) is 15.9 Å². The van der Waals surface area contributed by atoms with E-state index in [0.717, 1.165) is 60.5 Å². The molecule has 3 N–H and O–H groups in total. The largest absolute Gasteiger partial charge is 0.322 e. The second-order valence-corrected chi connectivity index (χ2v) is 8.34. The maximum Gasteiger partial charge on any atom is 0.257 e. The molecule has 2 aromatic heterocycles. The van der Waals surface area contributed by atoms with E-state index in [4.69, 9.17) is 21.7 Å². The summed E-state index contributed by atoms with van der Waals surface area (Å²) in [5.41, 5.74) is 3.70. The van der Waals surface area contributed by atoms with Crippen LogP contribution in [0.15, 0.2) is 23.4 Å². The summed E-state index contributed by atoms with van der Waals surface area (Å²) >= 11 is 7.48. The first kappa shape index (κ1) is 20.1. The van der Waals surface area contributed by atoms with E-state index in [-0.39, 0.29) is 5.91 Å². The summed E-state index contributed by atoms with van der Waals surface area (Å²) < 4.78 is 0. The van der Waals surface area contributed by atoms with Crippen LogP contribution in [0.2, 0.25) is 5.02 Å². The molecule has 2 heterocycles. The molecule has 3 rings (SSSR count). The first-order valence-corrected chi connectivity index (χ1v) is 10.5. The van der Waals surface area contributed by atoms with E-state index in [9.17, 15) is 4.79 Å². The summed E-state index contributed by atoms with van der Waals surface area (Å²) in [6, 6.07) is 3.50. The minimum absolute atomic E-state index is 0.185. The summed E-state index contributed by atoms with van der Waals surface area (Å²) in [5, 5.41) is 9.73. The summed E-state index contributed by atoms with van der Waals surface area (Å²) in [6.07, 6.45) is 6.06. The van der Waals surface area contributed by atoms with E-state index in [2.05, 4.69) is 17.2 Å². The lowest BCUT2D eigenvalue weighted by Gasteiger charge is -2.28. The summed E-state index contributed by atoms with van der Waals surface area (Å²) in [4.78, 5) is 22.0. The molecule has 27 heavy (non-hydrogen) atoms. The van der Waals surface area contributed by atoms with Crippen LogP contribution < -0.4 is 10.5 Å². The van der Waals surface area contributed by atoms with Gasteiger partial charge in [0.2, 0.25) is 0 Å². The van der Waals surface area contributed by atoms with Crippen molar-refractivity contribution in [3.8, 4) is 0 Å². The Kier molecular flexibility index (Phi) is 6.40. The average Bonchev–Trinajstić information content (AvgIpc) is 2.66. The van der Waals surface area contributed by atoms with Crippen LogP contribution in [0.1, 0.15) is 65.8 Å². The Morgan fingerprint density at radius 1 is 1.30 bits per heavy atom. The van der Waals surface area contributed by atoms with Crippen molar-refractivity contribution in [2.75, 3.05) is 5.32 Å². The quantitative estimate of drug-likeness (QED) is 0.679. The number of anilines is 1. The van der Waals surface area contributed by atoms with Crippen molar-refractivity contribution in [2.45, 2.75) is 57.4 Å². The Morgan fingerprint density at radius 3 is 2.67 bits per heavy atom. The summed E-state index contributed by atoms with van der Waals surface area (Å²) in [6.45, 7) is 6.08. The average molecular weight is 405 g/mol. The molecule has 0 aromatic carbocycles. The normalized spacial score (nSPS) is 19.7. The van der Waals surface area contributed by atoms with Crippen LogP contribution >= 0.6 is 23.5 Å². The van der Waals surface area contributed by atoms with Crippen LogP contribution in [0.5, 0.6) is 0 Å². The molecule has 0 bridgehead atoms. The zero-order valence-electron chi connectivity index (χ0n) is 15.9. The smallest absolute Gasteiger partial charge is 0.257 e. The first-order chi connectivity index (χ1) is 12.9. The van der Waals surface area contributed by atoms with E-state index in [1.165, 1.54) is 0 Å². The Morgan fingerprint density at radius 2 is 2.00 bits per heavy atom. The second-order valence-electron chi connectivity index (χ2n) is 7.31. The first-order valence-electron chi connectivity index (χ1n) is 9.21. The van der Waals surface area contributed by atoms with Crippen LogP contribution in [0.25, 0.3) is 0 Å². The van der Waals surface area contributed by atoms with Gasteiger partial charge in [-0.2, -0.15) is 0 Å². The molecule has 0 radical (unpaired) electrons. The summed E-state index contributed by atoms with van der Waals surface area (Å²) in [7, 11) is 0. The van der Waals surface area contributed by atoms with Gasteiger partial charge in [0.25, 0.3) is 5.91 Å². The predicted molar refractivity (Wildman–Crippen MR) is 111 cm³/mol.